The van der Waals surface area contributed by atoms with E-state index in [1.807, 2.05) is 6.92 Å². The molecule has 0 aromatic rings. The van der Waals surface area contributed by atoms with Crippen LogP contribution in [0.5, 0.6) is 0 Å². The zero-order valence-corrected chi connectivity index (χ0v) is 11.9. The predicted octanol–water partition coefficient (Wildman–Crippen LogP) is 2.49. The lowest BCUT2D eigenvalue weighted by Crippen LogP contribution is -2.37. The molecule has 1 fully saturated rings. The zero-order chi connectivity index (χ0) is 14.1. The Hall–Kier alpha value is -1.26. The number of hydrogen-bond donors (Lipinski definition) is 1. The van der Waals surface area contributed by atoms with E-state index in [1.165, 1.54) is 7.11 Å². The van der Waals surface area contributed by atoms with Gasteiger partial charge in [0.1, 0.15) is 0 Å². The van der Waals surface area contributed by atoms with Gasteiger partial charge in [-0.05, 0) is 25.2 Å². The lowest BCUT2D eigenvalue weighted by Gasteiger charge is -2.29. The number of amides is 1. The summed E-state index contributed by atoms with van der Waals surface area (Å²) in [6.07, 6.45) is 5.45. The van der Waals surface area contributed by atoms with Crippen LogP contribution in [-0.4, -0.2) is 32.3 Å². The molecular formula is C14H25NO4. The molecule has 2 atom stereocenters. The van der Waals surface area contributed by atoms with Crippen LogP contribution in [0.2, 0.25) is 0 Å². The molecule has 5 nitrogen and oxygen atoms in total. The topological polar surface area (TPSA) is 64.6 Å². The maximum atomic E-state index is 11.7. The van der Waals surface area contributed by atoms with Crippen molar-refractivity contribution in [2.45, 2.75) is 45.4 Å². The van der Waals surface area contributed by atoms with Crippen molar-refractivity contribution in [1.82, 2.24) is 5.32 Å². The van der Waals surface area contributed by atoms with Gasteiger partial charge >= 0.3 is 12.1 Å². The molecule has 0 saturated heterocycles. The molecule has 2 unspecified atom stereocenters. The molecule has 0 bridgehead atoms. The summed E-state index contributed by atoms with van der Waals surface area (Å²) in [7, 11) is 1.42. The van der Waals surface area contributed by atoms with E-state index in [-0.39, 0.29) is 23.9 Å². The third kappa shape index (κ3) is 5.49. The number of nitrogens with one attached hydrogen (secondary N) is 1. The molecular weight excluding hydrogens is 246 g/mol. The fourth-order valence-electron chi connectivity index (χ4n) is 2.49. The molecule has 1 aliphatic rings. The van der Waals surface area contributed by atoms with Crippen molar-refractivity contribution in [2.75, 3.05) is 20.3 Å². The van der Waals surface area contributed by atoms with Gasteiger partial charge < -0.3 is 14.8 Å². The fraction of sp³-hybridized carbons (Fsp3) is 0.857. The Bertz CT molecular complexity index is 293. The number of esters is 1. The van der Waals surface area contributed by atoms with Crippen LogP contribution in [0.25, 0.3) is 0 Å². The number of rotatable bonds is 6. The SMILES string of the molecule is CCCCOC(=O)NCC1CCCCC1C(=O)OC. The minimum Gasteiger partial charge on any atom is -0.469 e. The minimum absolute atomic E-state index is 0.0882. The second-order valence-electron chi connectivity index (χ2n) is 5.04. The molecule has 19 heavy (non-hydrogen) atoms. The van der Waals surface area contributed by atoms with Crippen LogP contribution < -0.4 is 5.32 Å². The third-order valence-corrected chi connectivity index (χ3v) is 3.65. The van der Waals surface area contributed by atoms with Crippen LogP contribution in [0.4, 0.5) is 4.79 Å². The number of unbranched alkanes of at least 4 members (excludes halogenated alkanes) is 1. The van der Waals surface area contributed by atoms with Crippen LogP contribution in [0.1, 0.15) is 45.4 Å². The highest BCUT2D eigenvalue weighted by atomic mass is 16.5. The molecule has 0 aromatic carbocycles. The van der Waals surface area contributed by atoms with E-state index in [0.717, 1.165) is 38.5 Å². The van der Waals surface area contributed by atoms with Gasteiger partial charge in [0, 0.05) is 6.54 Å². The Kier molecular flexibility index (Phi) is 7.30. The Labute approximate surface area is 115 Å². The summed E-state index contributed by atoms with van der Waals surface area (Å²) in [6.45, 7) is 2.99. The molecule has 0 spiro atoms. The van der Waals surface area contributed by atoms with Gasteiger partial charge in [-0.1, -0.05) is 26.2 Å². The third-order valence-electron chi connectivity index (χ3n) is 3.65. The summed E-state index contributed by atoms with van der Waals surface area (Å²) >= 11 is 0. The lowest BCUT2D eigenvalue weighted by atomic mass is 9.79. The van der Waals surface area contributed by atoms with Crippen molar-refractivity contribution in [3.05, 3.63) is 0 Å². The molecule has 0 aliphatic heterocycles. The van der Waals surface area contributed by atoms with Gasteiger partial charge in [0.25, 0.3) is 0 Å². The Morgan fingerprint density at radius 3 is 2.68 bits per heavy atom. The quantitative estimate of drug-likeness (QED) is 0.595. The van der Waals surface area contributed by atoms with E-state index >= 15 is 0 Å². The molecule has 1 amide bonds. The maximum absolute atomic E-state index is 11.7. The fourth-order valence-corrected chi connectivity index (χ4v) is 2.49. The van der Waals surface area contributed by atoms with Gasteiger partial charge in [-0.25, -0.2) is 4.79 Å². The predicted molar refractivity (Wildman–Crippen MR) is 71.7 cm³/mol. The molecule has 1 saturated carbocycles. The number of carbonyl (C=O) groups excluding carboxylic acids is 2. The first kappa shape index (κ1) is 15.8. The van der Waals surface area contributed by atoms with E-state index < -0.39 is 0 Å². The van der Waals surface area contributed by atoms with E-state index in [9.17, 15) is 9.59 Å². The van der Waals surface area contributed by atoms with E-state index in [2.05, 4.69) is 5.32 Å². The van der Waals surface area contributed by atoms with Gasteiger partial charge in [-0.2, -0.15) is 0 Å². The van der Waals surface area contributed by atoms with Gasteiger partial charge in [0.15, 0.2) is 0 Å². The summed E-state index contributed by atoms with van der Waals surface area (Å²) < 4.78 is 9.85. The van der Waals surface area contributed by atoms with Crippen molar-refractivity contribution >= 4 is 12.1 Å². The van der Waals surface area contributed by atoms with Gasteiger partial charge in [-0.15, -0.1) is 0 Å². The second kappa shape index (κ2) is 8.77. The number of alkyl carbamates (subject to hydrolysis) is 1. The average molecular weight is 271 g/mol. The molecule has 0 radical (unpaired) electrons. The van der Waals surface area contributed by atoms with Crippen LogP contribution in [0.3, 0.4) is 0 Å². The number of ether oxygens (including phenoxy) is 2. The summed E-state index contributed by atoms with van der Waals surface area (Å²) in [6, 6.07) is 0. The standard InChI is InChI=1S/C14H25NO4/c1-3-4-9-19-14(17)15-10-11-7-5-6-8-12(11)13(16)18-2/h11-12H,3-10H2,1-2H3,(H,15,17). The Morgan fingerprint density at radius 1 is 1.26 bits per heavy atom. The van der Waals surface area contributed by atoms with Crippen LogP contribution in [0.15, 0.2) is 0 Å². The first-order chi connectivity index (χ1) is 9.19. The van der Waals surface area contributed by atoms with Crippen molar-refractivity contribution in [3.8, 4) is 0 Å². The van der Waals surface area contributed by atoms with E-state index in [4.69, 9.17) is 9.47 Å². The second-order valence-corrected chi connectivity index (χ2v) is 5.04. The summed E-state index contributed by atoms with van der Waals surface area (Å²) in [5.74, 6) is -0.0829. The van der Waals surface area contributed by atoms with Crippen molar-refractivity contribution < 1.29 is 19.1 Å². The minimum atomic E-state index is -0.386. The normalized spacial score (nSPS) is 22.6. The molecule has 1 N–H and O–H groups in total. The number of hydrogen-bond acceptors (Lipinski definition) is 4. The number of carbonyl (C=O) groups is 2. The average Bonchev–Trinajstić information content (AvgIpc) is 2.45. The highest BCUT2D eigenvalue weighted by Crippen LogP contribution is 2.30. The van der Waals surface area contributed by atoms with Crippen molar-refractivity contribution in [3.63, 3.8) is 0 Å². The monoisotopic (exact) mass is 271 g/mol. The largest absolute Gasteiger partial charge is 0.469 e. The molecule has 5 heteroatoms. The summed E-state index contributed by atoms with van der Waals surface area (Å²) in [5.41, 5.74) is 0. The molecule has 0 heterocycles. The smallest absolute Gasteiger partial charge is 0.407 e. The molecule has 1 rings (SSSR count). The van der Waals surface area contributed by atoms with Crippen LogP contribution in [-0.2, 0) is 14.3 Å². The van der Waals surface area contributed by atoms with Gasteiger partial charge in [0.2, 0.25) is 0 Å². The van der Waals surface area contributed by atoms with Gasteiger partial charge in [-0.3, -0.25) is 4.79 Å². The Balaban J connectivity index is 2.32. The molecule has 0 aromatic heterocycles. The summed E-state index contributed by atoms with van der Waals surface area (Å²) in [5, 5.41) is 2.75. The highest BCUT2D eigenvalue weighted by Gasteiger charge is 2.31. The lowest BCUT2D eigenvalue weighted by molar-refractivity contribution is -0.148. The first-order valence-corrected chi connectivity index (χ1v) is 7.17. The van der Waals surface area contributed by atoms with Crippen molar-refractivity contribution in [1.29, 1.82) is 0 Å². The molecule has 1 aliphatic carbocycles. The zero-order valence-electron chi connectivity index (χ0n) is 11.9. The van der Waals surface area contributed by atoms with E-state index in [1.54, 1.807) is 0 Å². The van der Waals surface area contributed by atoms with E-state index in [0.29, 0.717) is 13.2 Å². The Morgan fingerprint density at radius 2 is 2.00 bits per heavy atom. The highest BCUT2D eigenvalue weighted by molar-refractivity contribution is 5.73. The maximum Gasteiger partial charge on any atom is 0.407 e. The van der Waals surface area contributed by atoms with Crippen molar-refractivity contribution in [2.24, 2.45) is 11.8 Å². The van der Waals surface area contributed by atoms with Crippen LogP contribution in [0, 0.1) is 11.8 Å². The summed E-state index contributed by atoms with van der Waals surface area (Å²) in [4.78, 5) is 23.1. The molecule has 110 valence electrons. The number of methoxy groups -OCH3 is 1. The first-order valence-electron chi connectivity index (χ1n) is 7.17. The van der Waals surface area contributed by atoms with Gasteiger partial charge in [0.05, 0.1) is 19.6 Å². The van der Waals surface area contributed by atoms with Crippen LogP contribution >= 0.6 is 0 Å².